The van der Waals surface area contributed by atoms with Crippen LogP contribution in [0.15, 0.2) is 60.8 Å². The zero-order valence-corrected chi connectivity index (χ0v) is 17.4. The molecule has 0 fully saturated rings. The van der Waals surface area contributed by atoms with Gasteiger partial charge in [-0.1, -0.05) is 28.1 Å². The van der Waals surface area contributed by atoms with Gasteiger partial charge < -0.3 is 4.42 Å². The Hall–Kier alpha value is -3.26. The molecule has 0 saturated carbocycles. The van der Waals surface area contributed by atoms with E-state index in [1.165, 1.54) is 17.5 Å². The number of nitrogens with zero attached hydrogens (tertiary/aromatic N) is 2. The van der Waals surface area contributed by atoms with E-state index < -0.39 is 5.91 Å². The van der Waals surface area contributed by atoms with E-state index in [9.17, 15) is 9.59 Å². The molecule has 0 radical (unpaired) electrons. The normalized spacial score (nSPS) is 13.2. The van der Waals surface area contributed by atoms with Crippen molar-refractivity contribution >= 4 is 38.6 Å². The molecule has 0 unspecified atom stereocenters. The van der Waals surface area contributed by atoms with E-state index in [-0.39, 0.29) is 17.0 Å². The van der Waals surface area contributed by atoms with Crippen LogP contribution in [0.2, 0.25) is 0 Å². The lowest BCUT2D eigenvalue weighted by atomic mass is 9.90. The standard InChI is InChI=1S/C22H16BrN3O4/c23-15-7-8-18-16(10-15)17(27)11-19(29-18)22(28)24-21-20(25-30-26-21)14-6-5-12-3-1-2-4-13(12)9-14/h5-11H,1-4H2,(H,24,26,28). The Kier molecular flexibility index (Phi) is 4.71. The highest BCUT2D eigenvalue weighted by molar-refractivity contribution is 9.10. The second kappa shape index (κ2) is 7.53. The van der Waals surface area contributed by atoms with Crippen LogP contribution in [0, 0.1) is 0 Å². The minimum Gasteiger partial charge on any atom is -0.451 e. The molecule has 2 heterocycles. The number of carbonyl (C=O) groups excluding carboxylic acids is 1. The SMILES string of the molecule is O=C(Nc1nonc1-c1ccc2c(c1)CCCC2)c1cc(=O)c2cc(Br)ccc2o1. The summed E-state index contributed by atoms with van der Waals surface area (Å²) in [6.45, 7) is 0. The van der Waals surface area contributed by atoms with Gasteiger partial charge in [0.1, 0.15) is 5.58 Å². The first-order valence-electron chi connectivity index (χ1n) is 9.58. The van der Waals surface area contributed by atoms with Crippen molar-refractivity contribution in [2.24, 2.45) is 0 Å². The van der Waals surface area contributed by atoms with E-state index in [2.05, 4.69) is 43.7 Å². The van der Waals surface area contributed by atoms with Gasteiger partial charge in [-0.25, -0.2) is 4.63 Å². The van der Waals surface area contributed by atoms with Gasteiger partial charge in [0.05, 0.1) is 5.39 Å². The van der Waals surface area contributed by atoms with Crippen LogP contribution in [0.3, 0.4) is 0 Å². The van der Waals surface area contributed by atoms with Gasteiger partial charge in [-0.05, 0) is 71.4 Å². The first kappa shape index (κ1) is 18.7. The van der Waals surface area contributed by atoms with Gasteiger partial charge in [-0.2, -0.15) is 0 Å². The monoisotopic (exact) mass is 465 g/mol. The van der Waals surface area contributed by atoms with E-state index in [0.717, 1.165) is 35.4 Å². The Morgan fingerprint density at radius 3 is 2.70 bits per heavy atom. The zero-order valence-electron chi connectivity index (χ0n) is 15.8. The predicted octanol–water partition coefficient (Wildman–Crippen LogP) is 4.74. The molecule has 0 saturated heterocycles. The van der Waals surface area contributed by atoms with Crippen LogP contribution >= 0.6 is 15.9 Å². The minimum absolute atomic E-state index is 0.116. The van der Waals surface area contributed by atoms with Crippen LogP contribution in [0.25, 0.3) is 22.2 Å². The summed E-state index contributed by atoms with van der Waals surface area (Å²) in [4.78, 5) is 25.1. The van der Waals surface area contributed by atoms with Crippen molar-refractivity contribution in [2.45, 2.75) is 25.7 Å². The Labute approximate surface area is 179 Å². The molecule has 2 aromatic carbocycles. The number of aromatic nitrogens is 2. The average molecular weight is 466 g/mol. The molecule has 1 aliphatic carbocycles. The number of aryl methyl sites for hydroxylation is 2. The maximum absolute atomic E-state index is 12.7. The van der Waals surface area contributed by atoms with Crippen molar-refractivity contribution in [3.63, 3.8) is 0 Å². The quantitative estimate of drug-likeness (QED) is 0.469. The minimum atomic E-state index is -0.605. The number of fused-ring (bicyclic) bond motifs is 2. The lowest BCUT2D eigenvalue weighted by Gasteiger charge is -2.16. The van der Waals surface area contributed by atoms with Crippen LogP contribution < -0.4 is 10.7 Å². The van der Waals surface area contributed by atoms with Crippen LogP contribution in [-0.4, -0.2) is 16.2 Å². The van der Waals surface area contributed by atoms with E-state index in [4.69, 9.17) is 9.05 Å². The third kappa shape index (κ3) is 3.43. The molecule has 0 bridgehead atoms. The highest BCUT2D eigenvalue weighted by Crippen LogP contribution is 2.30. The Morgan fingerprint density at radius 2 is 1.83 bits per heavy atom. The van der Waals surface area contributed by atoms with E-state index >= 15 is 0 Å². The summed E-state index contributed by atoms with van der Waals surface area (Å²) in [7, 11) is 0. The molecule has 4 aromatic rings. The smallest absolute Gasteiger partial charge is 0.292 e. The van der Waals surface area contributed by atoms with Crippen molar-refractivity contribution in [1.29, 1.82) is 0 Å². The molecule has 2 aromatic heterocycles. The number of anilines is 1. The fourth-order valence-corrected chi connectivity index (χ4v) is 4.11. The lowest BCUT2D eigenvalue weighted by Crippen LogP contribution is -2.15. The number of carbonyl (C=O) groups is 1. The van der Waals surface area contributed by atoms with E-state index in [1.54, 1.807) is 18.2 Å². The number of rotatable bonds is 3. The predicted molar refractivity (Wildman–Crippen MR) is 115 cm³/mol. The van der Waals surface area contributed by atoms with Gasteiger partial charge >= 0.3 is 0 Å². The van der Waals surface area contributed by atoms with Crippen LogP contribution in [0.5, 0.6) is 0 Å². The Bertz CT molecular complexity index is 1340. The fourth-order valence-electron chi connectivity index (χ4n) is 3.75. The number of halogens is 1. The maximum atomic E-state index is 12.7. The Balaban J connectivity index is 1.46. The van der Waals surface area contributed by atoms with Crippen LogP contribution in [0.4, 0.5) is 5.82 Å². The lowest BCUT2D eigenvalue weighted by molar-refractivity contribution is 0.0996. The molecule has 1 amide bonds. The molecule has 30 heavy (non-hydrogen) atoms. The first-order valence-corrected chi connectivity index (χ1v) is 10.4. The zero-order chi connectivity index (χ0) is 20.7. The molecular weight excluding hydrogens is 450 g/mol. The summed E-state index contributed by atoms with van der Waals surface area (Å²) in [5.74, 6) is -0.546. The summed E-state index contributed by atoms with van der Waals surface area (Å²) in [5, 5.41) is 10.8. The summed E-state index contributed by atoms with van der Waals surface area (Å²) >= 11 is 3.32. The summed E-state index contributed by atoms with van der Waals surface area (Å²) < 4.78 is 11.2. The molecule has 0 aliphatic heterocycles. The first-order chi connectivity index (χ1) is 14.6. The van der Waals surface area contributed by atoms with E-state index in [0.29, 0.717) is 16.7 Å². The number of amides is 1. The molecule has 1 aliphatic rings. The fraction of sp³-hybridized carbons (Fsp3) is 0.182. The summed E-state index contributed by atoms with van der Waals surface area (Å²) in [6.07, 6.45) is 4.46. The molecule has 0 atom stereocenters. The van der Waals surface area contributed by atoms with Crippen LogP contribution in [0.1, 0.15) is 34.5 Å². The number of hydrogen-bond acceptors (Lipinski definition) is 6. The third-order valence-corrected chi connectivity index (χ3v) is 5.75. The summed E-state index contributed by atoms with van der Waals surface area (Å²) in [6, 6.07) is 12.3. The van der Waals surface area contributed by atoms with Gasteiger partial charge in [-0.3, -0.25) is 14.9 Å². The molecule has 150 valence electrons. The Morgan fingerprint density at radius 1 is 1.00 bits per heavy atom. The second-order valence-corrected chi connectivity index (χ2v) is 8.14. The molecule has 7 nitrogen and oxygen atoms in total. The van der Waals surface area contributed by atoms with Gasteiger partial charge in [0.2, 0.25) is 5.82 Å². The third-order valence-electron chi connectivity index (χ3n) is 5.26. The average Bonchev–Trinajstić information content (AvgIpc) is 3.21. The van der Waals surface area contributed by atoms with Crippen LogP contribution in [-0.2, 0) is 12.8 Å². The number of hydrogen-bond donors (Lipinski definition) is 1. The largest absolute Gasteiger partial charge is 0.451 e. The molecule has 1 N–H and O–H groups in total. The van der Waals surface area contributed by atoms with Gasteiger partial charge in [0.25, 0.3) is 5.91 Å². The topological polar surface area (TPSA) is 98.2 Å². The van der Waals surface area contributed by atoms with Gasteiger partial charge in [0.15, 0.2) is 16.9 Å². The molecular formula is C22H16BrN3O4. The van der Waals surface area contributed by atoms with Gasteiger partial charge in [0, 0.05) is 16.1 Å². The maximum Gasteiger partial charge on any atom is 0.292 e. The molecule has 5 rings (SSSR count). The van der Waals surface area contributed by atoms with Crippen molar-refractivity contribution in [1.82, 2.24) is 10.3 Å². The van der Waals surface area contributed by atoms with Crippen molar-refractivity contribution in [3.05, 3.63) is 74.0 Å². The molecule has 0 spiro atoms. The highest BCUT2D eigenvalue weighted by atomic mass is 79.9. The van der Waals surface area contributed by atoms with E-state index in [1.807, 2.05) is 6.07 Å². The highest BCUT2D eigenvalue weighted by Gasteiger charge is 2.20. The van der Waals surface area contributed by atoms with Crippen molar-refractivity contribution in [2.75, 3.05) is 5.32 Å². The number of nitrogens with one attached hydrogen (secondary N) is 1. The summed E-state index contributed by atoms with van der Waals surface area (Å²) in [5.41, 5.74) is 3.89. The molecule has 8 heteroatoms. The number of benzene rings is 2. The van der Waals surface area contributed by atoms with Crippen molar-refractivity contribution in [3.8, 4) is 11.3 Å². The second-order valence-electron chi connectivity index (χ2n) is 7.22. The van der Waals surface area contributed by atoms with Crippen molar-refractivity contribution < 1.29 is 13.8 Å². The van der Waals surface area contributed by atoms with Gasteiger partial charge in [-0.15, -0.1) is 0 Å².